The maximum Gasteiger partial charge on any atom is 0.339 e. The highest BCUT2D eigenvalue weighted by Gasteiger charge is 2.35. The number of hydrogen-bond donors (Lipinski definition) is 2. The number of fused-ring (bicyclic) bond motifs is 1. The fraction of sp³-hybridized carbons (Fsp3) is 0.478. The van der Waals surface area contributed by atoms with E-state index in [-0.39, 0.29) is 11.0 Å². The number of methoxy groups -OCH3 is 2. The van der Waals surface area contributed by atoms with Gasteiger partial charge < -0.3 is 19.9 Å². The number of aromatic carboxylic acids is 1. The fourth-order valence-electron chi connectivity index (χ4n) is 3.97. The van der Waals surface area contributed by atoms with Crippen LogP contribution in [0.25, 0.3) is 0 Å². The average Bonchev–Trinajstić information content (AvgIpc) is 3.10. The van der Waals surface area contributed by atoms with Crippen LogP contribution in [0.15, 0.2) is 18.2 Å². The molecule has 0 saturated heterocycles. The molecule has 0 aliphatic heterocycles. The number of anilines is 1. The molecule has 1 heterocycles. The van der Waals surface area contributed by atoms with Gasteiger partial charge in [0, 0.05) is 16.5 Å². The van der Waals surface area contributed by atoms with Crippen molar-refractivity contribution in [3.8, 4) is 11.5 Å². The van der Waals surface area contributed by atoms with Gasteiger partial charge in [-0.1, -0.05) is 27.2 Å². The summed E-state index contributed by atoms with van der Waals surface area (Å²) in [5, 5.41) is 13.1. The first-order valence-electron chi connectivity index (χ1n) is 10.1. The molecule has 6 nitrogen and oxygen atoms in total. The molecule has 1 unspecified atom stereocenters. The Balaban J connectivity index is 1.92. The molecule has 1 aliphatic carbocycles. The number of ether oxygens (including phenoxy) is 2. The Kier molecular flexibility index (Phi) is 6.41. The topological polar surface area (TPSA) is 84.9 Å². The summed E-state index contributed by atoms with van der Waals surface area (Å²) in [6.45, 7) is 6.74. The van der Waals surface area contributed by atoms with Gasteiger partial charge in [0.25, 0.3) is 5.91 Å². The molecule has 0 fully saturated rings. The molecule has 0 radical (unpaired) electrons. The van der Waals surface area contributed by atoms with E-state index in [2.05, 4.69) is 26.1 Å². The number of hydrogen-bond acceptors (Lipinski definition) is 5. The molecule has 0 saturated carbocycles. The van der Waals surface area contributed by atoms with Crippen LogP contribution in [0.1, 0.15) is 64.8 Å². The third-order valence-corrected chi connectivity index (χ3v) is 7.51. The maximum atomic E-state index is 12.9. The number of carboxylic acids is 1. The van der Waals surface area contributed by atoms with Crippen LogP contribution in [0, 0.1) is 11.3 Å². The summed E-state index contributed by atoms with van der Waals surface area (Å²) < 4.78 is 10.5. The van der Waals surface area contributed by atoms with Crippen molar-refractivity contribution in [1.29, 1.82) is 0 Å². The second-order valence-electron chi connectivity index (χ2n) is 8.35. The average molecular weight is 432 g/mol. The van der Waals surface area contributed by atoms with Crippen molar-refractivity contribution in [3.05, 3.63) is 39.8 Å². The van der Waals surface area contributed by atoms with Crippen molar-refractivity contribution >= 4 is 28.2 Å². The minimum Gasteiger partial charge on any atom is -0.497 e. The molecular weight excluding hydrogens is 402 g/mol. The molecule has 7 heteroatoms. The molecule has 1 aliphatic rings. The van der Waals surface area contributed by atoms with E-state index >= 15 is 0 Å². The van der Waals surface area contributed by atoms with Gasteiger partial charge in [0.15, 0.2) is 0 Å². The van der Waals surface area contributed by atoms with Gasteiger partial charge in [0.2, 0.25) is 0 Å². The molecule has 0 spiro atoms. The maximum absolute atomic E-state index is 12.9. The number of thiophene rings is 1. The predicted molar refractivity (Wildman–Crippen MR) is 118 cm³/mol. The Morgan fingerprint density at radius 1 is 1.20 bits per heavy atom. The smallest absolute Gasteiger partial charge is 0.339 e. The van der Waals surface area contributed by atoms with Gasteiger partial charge >= 0.3 is 5.97 Å². The second-order valence-corrected chi connectivity index (χ2v) is 9.46. The third kappa shape index (κ3) is 4.31. The number of carbonyl (C=O) groups is 2. The van der Waals surface area contributed by atoms with E-state index in [0.717, 1.165) is 36.1 Å². The van der Waals surface area contributed by atoms with Crippen molar-refractivity contribution in [3.63, 3.8) is 0 Å². The van der Waals surface area contributed by atoms with Gasteiger partial charge in [0.1, 0.15) is 16.5 Å². The van der Waals surface area contributed by atoms with E-state index in [0.29, 0.717) is 28.0 Å². The zero-order chi connectivity index (χ0) is 22.1. The summed E-state index contributed by atoms with van der Waals surface area (Å²) in [7, 11) is 3.03. The second kappa shape index (κ2) is 8.68. The fourth-order valence-corrected chi connectivity index (χ4v) is 5.28. The molecule has 3 rings (SSSR count). The van der Waals surface area contributed by atoms with E-state index in [1.54, 1.807) is 18.2 Å². The molecule has 1 atom stereocenters. The molecule has 0 bridgehead atoms. The minimum absolute atomic E-state index is 0.200. The Hall–Kier alpha value is -2.54. The van der Waals surface area contributed by atoms with Gasteiger partial charge in [-0.3, -0.25) is 4.79 Å². The number of nitrogens with one attached hydrogen (secondary N) is 1. The summed E-state index contributed by atoms with van der Waals surface area (Å²) in [4.78, 5) is 26.0. The monoisotopic (exact) mass is 431 g/mol. The molecule has 1 amide bonds. The molecule has 30 heavy (non-hydrogen) atoms. The summed E-state index contributed by atoms with van der Waals surface area (Å²) >= 11 is 1.39. The van der Waals surface area contributed by atoms with Crippen molar-refractivity contribution in [2.45, 2.75) is 46.5 Å². The first-order valence-corrected chi connectivity index (χ1v) is 10.9. The molecule has 2 aromatic rings. The van der Waals surface area contributed by atoms with E-state index in [4.69, 9.17) is 9.47 Å². The Morgan fingerprint density at radius 3 is 2.37 bits per heavy atom. The van der Waals surface area contributed by atoms with Crippen LogP contribution in [0.4, 0.5) is 5.00 Å². The predicted octanol–water partition coefficient (Wildman–Crippen LogP) is 5.26. The number of benzene rings is 1. The van der Waals surface area contributed by atoms with Crippen LogP contribution in [-0.2, 0) is 12.8 Å². The SMILES string of the molecule is CCC(C)(C)C1CCc2c(sc(NC(=O)c3cc(OC)cc(OC)c3)c2C(=O)O)C1. The van der Waals surface area contributed by atoms with E-state index < -0.39 is 11.9 Å². The normalized spacial score (nSPS) is 16.0. The minimum atomic E-state index is -1.00. The molecule has 1 aromatic heterocycles. The highest BCUT2D eigenvalue weighted by molar-refractivity contribution is 7.17. The molecule has 2 N–H and O–H groups in total. The van der Waals surface area contributed by atoms with Gasteiger partial charge in [-0.2, -0.15) is 0 Å². The summed E-state index contributed by atoms with van der Waals surface area (Å²) in [5.41, 5.74) is 1.64. The quantitative estimate of drug-likeness (QED) is 0.625. The van der Waals surface area contributed by atoms with E-state index in [9.17, 15) is 14.7 Å². The van der Waals surface area contributed by atoms with E-state index in [1.165, 1.54) is 25.6 Å². The van der Waals surface area contributed by atoms with Gasteiger partial charge in [-0.15, -0.1) is 11.3 Å². The highest BCUT2D eigenvalue weighted by atomic mass is 32.1. The zero-order valence-corrected chi connectivity index (χ0v) is 18.9. The summed E-state index contributed by atoms with van der Waals surface area (Å²) in [5.74, 6) is 0.0978. The van der Waals surface area contributed by atoms with Crippen LogP contribution >= 0.6 is 11.3 Å². The molecular formula is C23H29NO5S. The molecule has 1 aromatic carbocycles. The lowest BCUT2D eigenvalue weighted by Gasteiger charge is -2.36. The number of carboxylic acid groups (broad SMARTS) is 1. The van der Waals surface area contributed by atoms with Gasteiger partial charge in [-0.05, 0) is 48.3 Å². The van der Waals surface area contributed by atoms with Crippen molar-refractivity contribution in [1.82, 2.24) is 0 Å². The number of amides is 1. The first kappa shape index (κ1) is 22.2. The van der Waals surface area contributed by atoms with Gasteiger partial charge in [-0.25, -0.2) is 4.79 Å². The van der Waals surface area contributed by atoms with Crippen molar-refractivity contribution in [2.75, 3.05) is 19.5 Å². The van der Waals surface area contributed by atoms with Crippen molar-refractivity contribution < 1.29 is 24.2 Å². The third-order valence-electron chi connectivity index (χ3n) is 6.34. The molecule has 162 valence electrons. The largest absolute Gasteiger partial charge is 0.497 e. The zero-order valence-electron chi connectivity index (χ0n) is 18.1. The highest BCUT2D eigenvalue weighted by Crippen LogP contribution is 2.45. The number of carbonyl (C=O) groups excluding carboxylic acids is 1. The van der Waals surface area contributed by atoms with Crippen LogP contribution in [0.5, 0.6) is 11.5 Å². The van der Waals surface area contributed by atoms with Crippen LogP contribution < -0.4 is 14.8 Å². The number of rotatable bonds is 7. The Bertz CT molecular complexity index is 940. The van der Waals surface area contributed by atoms with Crippen molar-refractivity contribution in [2.24, 2.45) is 11.3 Å². The lowest BCUT2D eigenvalue weighted by atomic mass is 9.69. The first-order chi connectivity index (χ1) is 14.2. The summed E-state index contributed by atoms with van der Waals surface area (Å²) in [6, 6.07) is 4.89. The van der Waals surface area contributed by atoms with Crippen LogP contribution in [0.3, 0.4) is 0 Å². The van der Waals surface area contributed by atoms with Crippen LogP contribution in [0.2, 0.25) is 0 Å². The lowest BCUT2D eigenvalue weighted by molar-refractivity contribution is 0.0696. The Morgan fingerprint density at radius 2 is 1.83 bits per heavy atom. The lowest BCUT2D eigenvalue weighted by Crippen LogP contribution is -2.28. The van der Waals surface area contributed by atoms with Crippen LogP contribution in [-0.4, -0.2) is 31.2 Å². The van der Waals surface area contributed by atoms with Gasteiger partial charge in [0.05, 0.1) is 19.8 Å². The standard InChI is InChI=1S/C23H29NO5S/c1-6-23(2,3)14-7-8-17-18(11-14)30-21(19(17)22(26)27)24-20(25)13-9-15(28-4)12-16(10-13)29-5/h9-10,12,14H,6-8,11H2,1-5H3,(H,24,25)(H,26,27). The Labute approximate surface area is 181 Å². The van der Waals surface area contributed by atoms with E-state index in [1.807, 2.05) is 0 Å². The summed E-state index contributed by atoms with van der Waals surface area (Å²) in [6.07, 6.45) is 3.62.